The van der Waals surface area contributed by atoms with Gasteiger partial charge in [-0.15, -0.1) is 11.3 Å². The number of carbonyl (C=O) groups is 1. The second kappa shape index (κ2) is 11.8. The van der Waals surface area contributed by atoms with E-state index in [1.165, 1.54) is 15.7 Å². The van der Waals surface area contributed by atoms with Crippen molar-refractivity contribution in [2.45, 2.75) is 27.3 Å². The highest BCUT2D eigenvalue weighted by Gasteiger charge is 2.23. The summed E-state index contributed by atoms with van der Waals surface area (Å²) in [6, 6.07) is 18.3. The van der Waals surface area contributed by atoms with Crippen molar-refractivity contribution in [2.75, 3.05) is 11.5 Å². The molecule has 0 bridgehead atoms. The Labute approximate surface area is 243 Å². The van der Waals surface area contributed by atoms with Crippen LogP contribution < -0.4 is 15.2 Å². The number of carbonyl (C=O) groups excluding carboxylic acids is 1. The van der Waals surface area contributed by atoms with Crippen LogP contribution in [0.15, 0.2) is 82.2 Å². The maximum atomic E-state index is 13.9. The molecule has 0 saturated heterocycles. The van der Waals surface area contributed by atoms with E-state index in [2.05, 4.69) is 9.35 Å². The highest BCUT2D eigenvalue weighted by molar-refractivity contribution is 7.87. The quantitative estimate of drug-likeness (QED) is 0.236. The normalized spacial score (nSPS) is 11.3. The number of nitrogens with zero attached hydrogens (tertiary/aromatic N) is 4. The topological polar surface area (TPSA) is 90.7 Å². The Morgan fingerprint density at radius 1 is 1.07 bits per heavy atom. The molecular formula is C30H27ClN4O3S2. The van der Waals surface area contributed by atoms with Gasteiger partial charge in [-0.25, -0.2) is 14.3 Å². The van der Waals surface area contributed by atoms with E-state index in [9.17, 15) is 14.7 Å². The second-order valence-electron chi connectivity index (χ2n) is 9.13. The Kier molecular flexibility index (Phi) is 8.25. The zero-order chi connectivity index (χ0) is 28.4. The number of hydrogen-bond acceptors (Lipinski definition) is 5. The third kappa shape index (κ3) is 5.50. The van der Waals surface area contributed by atoms with Crippen molar-refractivity contribution >= 4 is 45.2 Å². The lowest BCUT2D eigenvalue weighted by Gasteiger charge is -2.18. The first-order valence-electron chi connectivity index (χ1n) is 12.8. The summed E-state index contributed by atoms with van der Waals surface area (Å²) in [5.41, 5.74) is 3.77. The molecule has 5 aromatic rings. The van der Waals surface area contributed by atoms with Crippen LogP contribution in [0.4, 0.5) is 0 Å². The third-order valence-electron chi connectivity index (χ3n) is 6.64. The van der Waals surface area contributed by atoms with Crippen LogP contribution in [0, 0.1) is 6.92 Å². The van der Waals surface area contributed by atoms with Crippen LogP contribution in [0.3, 0.4) is 0 Å². The molecule has 0 radical (unpaired) electrons. The minimum atomic E-state index is -0.385. The van der Waals surface area contributed by atoms with E-state index in [4.69, 9.17) is 11.6 Å². The molecule has 3 aromatic heterocycles. The number of aromatic nitrogens is 3. The molecule has 0 N–H and O–H groups in total. The Balaban J connectivity index is 1.59. The zero-order valence-electron chi connectivity index (χ0n) is 22.3. The minimum absolute atomic E-state index is 0.0809. The average Bonchev–Trinajstić information content (AvgIpc) is 3.38. The van der Waals surface area contributed by atoms with Gasteiger partial charge < -0.3 is 5.11 Å². The molecule has 0 aliphatic heterocycles. The molecule has 2 aromatic carbocycles. The third-order valence-corrected chi connectivity index (χ3v) is 9.50. The van der Waals surface area contributed by atoms with Crippen LogP contribution in [-0.4, -0.2) is 26.8 Å². The van der Waals surface area contributed by atoms with Crippen LogP contribution in [-0.2, 0) is 17.2 Å². The van der Waals surface area contributed by atoms with Crippen molar-refractivity contribution < 1.29 is 14.5 Å². The fraction of sp³-hybridized carbons (Fsp3) is 0.200. The Hall–Kier alpha value is -3.66. The van der Waals surface area contributed by atoms with E-state index < -0.39 is 0 Å². The summed E-state index contributed by atoms with van der Waals surface area (Å²) in [5.74, 6) is 1.10. The van der Waals surface area contributed by atoms with Crippen LogP contribution in [0.5, 0.6) is 5.88 Å². The fourth-order valence-electron chi connectivity index (χ4n) is 4.63. The maximum Gasteiger partial charge on any atom is 0.349 e. The molecule has 0 atom stereocenters. The second-order valence-corrected chi connectivity index (χ2v) is 13.1. The fourth-order valence-corrected chi connectivity index (χ4v) is 6.60. The van der Waals surface area contributed by atoms with Gasteiger partial charge in [-0.2, -0.15) is 8.76 Å². The smallest absolute Gasteiger partial charge is 0.349 e. The number of halogens is 1. The van der Waals surface area contributed by atoms with E-state index in [1.54, 1.807) is 41.2 Å². The SMILES string of the molecule is CCS(CC)=NC(=O)c1ccc(-c2cccc(-c3c([O-])[n+](Cc4cnc(Cl)s4)c4c(C)cccn4c3=O)c2)cc1. The van der Waals surface area contributed by atoms with Crippen molar-refractivity contribution in [1.82, 2.24) is 9.38 Å². The first-order chi connectivity index (χ1) is 19.3. The standard InChI is InChI=1S/C30H27ClN4O3S2/c1-4-40(5-2)33-26(36)21-13-11-20(12-14-21)22-9-6-10-23(16-22)25-28(37)34-15-7-8-19(3)27(34)35(29(25)38)18-24-17-32-30(31)39-24/h6-17H,4-5,18H2,1-3H3. The lowest BCUT2D eigenvalue weighted by atomic mass is 9.99. The number of thiazole rings is 1. The van der Waals surface area contributed by atoms with Crippen molar-refractivity contribution in [1.29, 1.82) is 0 Å². The van der Waals surface area contributed by atoms with Gasteiger partial charge in [0.25, 0.3) is 11.6 Å². The van der Waals surface area contributed by atoms with Crippen molar-refractivity contribution in [3.63, 3.8) is 0 Å². The van der Waals surface area contributed by atoms with E-state index >= 15 is 0 Å². The van der Waals surface area contributed by atoms with Crippen molar-refractivity contribution in [2.24, 2.45) is 4.36 Å². The first-order valence-corrected chi connectivity index (χ1v) is 15.5. The molecule has 40 heavy (non-hydrogen) atoms. The molecule has 204 valence electrons. The van der Waals surface area contributed by atoms with Crippen LogP contribution in [0.2, 0.25) is 4.47 Å². The lowest BCUT2D eigenvalue weighted by molar-refractivity contribution is -0.707. The summed E-state index contributed by atoms with van der Waals surface area (Å²) >= 11 is 7.34. The number of pyridine rings is 1. The Morgan fingerprint density at radius 3 is 2.48 bits per heavy atom. The summed E-state index contributed by atoms with van der Waals surface area (Å²) in [6.07, 6.45) is 3.32. The zero-order valence-corrected chi connectivity index (χ0v) is 24.6. The predicted molar refractivity (Wildman–Crippen MR) is 160 cm³/mol. The average molecular weight is 591 g/mol. The molecule has 7 nitrogen and oxygen atoms in total. The summed E-state index contributed by atoms with van der Waals surface area (Å²) in [4.78, 5) is 31.2. The molecule has 0 saturated carbocycles. The molecule has 0 fully saturated rings. The van der Waals surface area contributed by atoms with Gasteiger partial charge in [0.2, 0.25) is 0 Å². The van der Waals surface area contributed by atoms with E-state index in [0.717, 1.165) is 33.1 Å². The highest BCUT2D eigenvalue weighted by Crippen LogP contribution is 2.29. The van der Waals surface area contributed by atoms with Gasteiger partial charge in [-0.1, -0.05) is 66.5 Å². The van der Waals surface area contributed by atoms with Gasteiger partial charge in [0.1, 0.15) is 12.1 Å². The maximum absolute atomic E-state index is 13.9. The van der Waals surface area contributed by atoms with Gasteiger partial charge in [0.05, 0.1) is 17.0 Å². The molecule has 3 heterocycles. The van der Waals surface area contributed by atoms with E-state index in [0.29, 0.717) is 21.2 Å². The number of rotatable bonds is 7. The van der Waals surface area contributed by atoms with Crippen molar-refractivity contribution in [3.05, 3.63) is 104 Å². The Bertz CT molecular complexity index is 1820. The van der Waals surface area contributed by atoms with Crippen LogP contribution >= 0.6 is 22.9 Å². The predicted octanol–water partition coefficient (Wildman–Crippen LogP) is 5.44. The number of aryl methyl sites for hydroxylation is 1. The minimum Gasteiger partial charge on any atom is -0.842 e. The van der Waals surface area contributed by atoms with Crippen molar-refractivity contribution in [3.8, 4) is 28.1 Å². The first kappa shape index (κ1) is 27.9. The lowest BCUT2D eigenvalue weighted by Crippen LogP contribution is -2.44. The largest absolute Gasteiger partial charge is 0.842 e. The van der Waals surface area contributed by atoms with Crippen LogP contribution in [0.25, 0.3) is 27.9 Å². The van der Waals surface area contributed by atoms with Gasteiger partial charge in [0.15, 0.2) is 4.47 Å². The van der Waals surface area contributed by atoms with Gasteiger partial charge >= 0.3 is 5.56 Å². The summed E-state index contributed by atoms with van der Waals surface area (Å²) in [6.45, 7) is 6.18. The van der Waals surface area contributed by atoms with E-state index in [1.807, 2.05) is 57.2 Å². The molecule has 0 unspecified atom stereocenters. The molecule has 10 heteroatoms. The molecule has 1 amide bonds. The molecule has 0 aliphatic rings. The Morgan fingerprint density at radius 2 is 1.80 bits per heavy atom. The highest BCUT2D eigenvalue weighted by atomic mass is 35.5. The van der Waals surface area contributed by atoms with Gasteiger partial charge in [0, 0.05) is 28.8 Å². The van der Waals surface area contributed by atoms with Gasteiger partial charge in [-0.05, 0) is 53.9 Å². The molecule has 5 rings (SSSR count). The monoisotopic (exact) mass is 590 g/mol. The summed E-state index contributed by atoms with van der Waals surface area (Å²) < 4.78 is 7.85. The molecular weight excluding hydrogens is 564 g/mol. The number of amides is 1. The van der Waals surface area contributed by atoms with Gasteiger partial charge in [-0.3, -0.25) is 4.79 Å². The number of hydrogen-bond donors (Lipinski definition) is 0. The van der Waals surface area contributed by atoms with Crippen LogP contribution in [0.1, 0.15) is 34.6 Å². The summed E-state index contributed by atoms with van der Waals surface area (Å²) in [7, 11) is -0.262. The van der Waals surface area contributed by atoms with E-state index in [-0.39, 0.29) is 40.1 Å². The summed E-state index contributed by atoms with van der Waals surface area (Å²) in [5, 5.41) is 13.9. The molecule has 0 spiro atoms. The number of fused-ring (bicyclic) bond motifs is 1. The number of benzene rings is 2. The molecule has 0 aliphatic carbocycles.